The minimum atomic E-state index is -1.14. The van der Waals surface area contributed by atoms with Crippen LogP contribution in [0, 0.1) is 17.8 Å². The van der Waals surface area contributed by atoms with E-state index >= 15 is 0 Å². The van der Waals surface area contributed by atoms with Gasteiger partial charge in [-0.3, -0.25) is 14.4 Å². The molecule has 1 aliphatic heterocycles. The number of amides is 4. The van der Waals surface area contributed by atoms with Gasteiger partial charge in [0.2, 0.25) is 17.7 Å². The molecule has 11 nitrogen and oxygen atoms in total. The number of hydrogen-bond donors (Lipinski definition) is 3. The summed E-state index contributed by atoms with van der Waals surface area (Å²) in [5.74, 6) is -3.64. The van der Waals surface area contributed by atoms with Crippen molar-refractivity contribution >= 4 is 29.8 Å². The zero-order chi connectivity index (χ0) is 33.6. The van der Waals surface area contributed by atoms with Crippen LogP contribution in [-0.2, 0) is 30.5 Å². The number of carbonyl (C=O) groups excluding carboxylic acids is 4. The quantitative estimate of drug-likeness (QED) is 0.298. The summed E-state index contributed by atoms with van der Waals surface area (Å²) in [5.41, 5.74) is 0.798. The van der Waals surface area contributed by atoms with E-state index < -0.39 is 54.0 Å². The number of nitrogens with one attached hydrogen (secondary N) is 2. The van der Waals surface area contributed by atoms with Crippen LogP contribution in [0.5, 0.6) is 0 Å². The van der Waals surface area contributed by atoms with Crippen molar-refractivity contribution in [1.29, 1.82) is 0 Å². The van der Waals surface area contributed by atoms with Gasteiger partial charge in [0.15, 0.2) is 0 Å². The molecule has 3 unspecified atom stereocenters. The number of nitrogens with zero attached hydrogens (tertiary/aromatic N) is 2. The first-order chi connectivity index (χ1) is 20.8. The van der Waals surface area contributed by atoms with Crippen molar-refractivity contribution in [2.24, 2.45) is 17.8 Å². The molecule has 0 aromatic heterocycles. The summed E-state index contributed by atoms with van der Waals surface area (Å²) in [6, 6.07) is 5.09. The van der Waals surface area contributed by atoms with Crippen molar-refractivity contribution in [3.8, 4) is 0 Å². The third-order valence-electron chi connectivity index (χ3n) is 7.28. The second-order valence-corrected chi connectivity index (χ2v) is 11.7. The first-order valence-electron chi connectivity index (χ1n) is 15.5. The zero-order valence-corrected chi connectivity index (χ0v) is 27.7. The van der Waals surface area contributed by atoms with Gasteiger partial charge < -0.3 is 30.3 Å². The van der Waals surface area contributed by atoms with Crippen LogP contribution in [0.25, 0.3) is 0 Å². The van der Waals surface area contributed by atoms with Gasteiger partial charge in [-0.2, -0.15) is 0 Å². The summed E-state index contributed by atoms with van der Waals surface area (Å²) in [6.45, 7) is 14.9. The molecule has 1 aliphatic rings. The largest absolute Gasteiger partial charge is 0.479 e. The average molecular weight is 617 g/mol. The highest BCUT2D eigenvalue weighted by Crippen LogP contribution is 2.20. The number of carboxylic acids is 1. The Balaban J connectivity index is 0.00000474. The molecule has 246 valence electrons. The Morgan fingerprint density at radius 3 is 2.05 bits per heavy atom. The van der Waals surface area contributed by atoms with Crippen LogP contribution < -0.4 is 10.6 Å². The molecule has 11 heteroatoms. The minimum absolute atomic E-state index is 0.0389. The van der Waals surface area contributed by atoms with E-state index in [0.29, 0.717) is 12.8 Å². The highest BCUT2D eigenvalue weighted by Gasteiger charge is 2.40. The van der Waals surface area contributed by atoms with E-state index in [9.17, 15) is 29.1 Å². The van der Waals surface area contributed by atoms with Gasteiger partial charge >= 0.3 is 12.1 Å². The first-order valence-corrected chi connectivity index (χ1v) is 15.5. The van der Waals surface area contributed by atoms with Crippen LogP contribution in [0.2, 0.25) is 0 Å². The zero-order valence-electron chi connectivity index (χ0n) is 27.7. The van der Waals surface area contributed by atoms with Gasteiger partial charge in [0.1, 0.15) is 30.8 Å². The third kappa shape index (κ3) is 11.0. The smallest absolute Gasteiger partial charge is 0.408 e. The molecule has 0 radical (unpaired) electrons. The van der Waals surface area contributed by atoms with Crippen molar-refractivity contribution < 1.29 is 33.8 Å². The van der Waals surface area contributed by atoms with Crippen LogP contribution in [0.3, 0.4) is 0 Å². The fourth-order valence-electron chi connectivity index (χ4n) is 4.92. The maximum Gasteiger partial charge on any atom is 0.408 e. The van der Waals surface area contributed by atoms with Crippen LogP contribution >= 0.6 is 0 Å². The van der Waals surface area contributed by atoms with Crippen LogP contribution in [0.4, 0.5) is 4.79 Å². The monoisotopic (exact) mass is 616 g/mol. The van der Waals surface area contributed by atoms with Crippen molar-refractivity contribution in [1.82, 2.24) is 20.4 Å². The van der Waals surface area contributed by atoms with Crippen LogP contribution in [-0.4, -0.2) is 82.5 Å². The number of benzene rings is 1. The van der Waals surface area contributed by atoms with Crippen molar-refractivity contribution in [2.75, 3.05) is 13.6 Å². The third-order valence-corrected chi connectivity index (χ3v) is 7.28. The summed E-state index contributed by atoms with van der Waals surface area (Å²) >= 11 is 0. The number of likely N-dealkylation sites (N-methyl/N-ethyl adjacent to an activating group) is 1. The molecule has 44 heavy (non-hydrogen) atoms. The van der Waals surface area contributed by atoms with Crippen molar-refractivity contribution in [3.05, 3.63) is 48.0 Å². The number of alkyl carbamates (subject to hydrolysis) is 1. The summed E-state index contributed by atoms with van der Waals surface area (Å²) in [4.78, 5) is 68.0. The second-order valence-electron chi connectivity index (χ2n) is 11.7. The molecule has 0 spiro atoms. The van der Waals surface area contributed by atoms with Crippen LogP contribution in [0.1, 0.15) is 73.8 Å². The number of carboxylic acid groups (broad SMARTS) is 1. The van der Waals surface area contributed by atoms with Gasteiger partial charge in [0, 0.05) is 13.6 Å². The Labute approximate surface area is 262 Å². The average Bonchev–Trinajstić information content (AvgIpc) is 3.25. The molecule has 1 aromatic carbocycles. The fourth-order valence-corrected chi connectivity index (χ4v) is 4.92. The Hall–Kier alpha value is -3.89. The lowest BCUT2D eigenvalue weighted by Crippen LogP contribution is -2.61. The van der Waals surface area contributed by atoms with E-state index in [-0.39, 0.29) is 30.9 Å². The first kappa shape index (κ1) is 38.1. The van der Waals surface area contributed by atoms with E-state index in [1.54, 1.807) is 47.6 Å². The van der Waals surface area contributed by atoms with Crippen molar-refractivity contribution in [3.63, 3.8) is 0 Å². The molecule has 0 saturated heterocycles. The lowest BCUT2D eigenvalue weighted by atomic mass is 9.96. The number of aliphatic carboxylic acids is 1. The fraction of sp³-hybridized carbons (Fsp3) is 0.606. The molecular formula is C33H52N4O7. The molecule has 2 rings (SSSR count). The van der Waals surface area contributed by atoms with E-state index in [1.165, 1.54) is 22.9 Å². The Morgan fingerprint density at radius 2 is 1.52 bits per heavy atom. The lowest BCUT2D eigenvalue weighted by molar-refractivity contribution is -0.154. The second kappa shape index (κ2) is 18.7. The van der Waals surface area contributed by atoms with Gasteiger partial charge in [0.25, 0.3) is 0 Å². The summed E-state index contributed by atoms with van der Waals surface area (Å²) in [5, 5.41) is 15.1. The van der Waals surface area contributed by atoms with E-state index in [4.69, 9.17) is 4.74 Å². The molecule has 4 atom stereocenters. The van der Waals surface area contributed by atoms with Gasteiger partial charge in [-0.05, 0) is 36.2 Å². The number of allylic oxidation sites excluding steroid dienone is 1. The molecular weight excluding hydrogens is 564 g/mol. The van der Waals surface area contributed by atoms with Gasteiger partial charge in [-0.15, -0.1) is 0 Å². The lowest BCUT2D eigenvalue weighted by Gasteiger charge is -2.38. The Bertz CT molecular complexity index is 1120. The van der Waals surface area contributed by atoms with E-state index in [0.717, 1.165) is 5.56 Å². The predicted molar refractivity (Wildman–Crippen MR) is 169 cm³/mol. The normalized spacial score (nSPS) is 16.6. The Kier molecular flexibility index (Phi) is 16.2. The SMILES string of the molecule is CC.CC(C)C(NC(=O)OCc1ccccc1)C(=O)N[C@H](C(=O)N(C)C(C(=O)N1CCCC=CC1C(=O)O)C(C)C)C(C)C. The Morgan fingerprint density at radius 1 is 0.932 bits per heavy atom. The van der Waals surface area contributed by atoms with Crippen LogP contribution in [0.15, 0.2) is 42.5 Å². The predicted octanol–water partition coefficient (Wildman–Crippen LogP) is 4.22. The summed E-state index contributed by atoms with van der Waals surface area (Å²) in [7, 11) is 1.50. The molecule has 3 N–H and O–H groups in total. The molecule has 0 aliphatic carbocycles. The maximum absolute atomic E-state index is 13.8. The number of rotatable bonds is 12. The van der Waals surface area contributed by atoms with E-state index in [2.05, 4.69) is 10.6 Å². The minimum Gasteiger partial charge on any atom is -0.479 e. The maximum atomic E-state index is 13.8. The molecule has 0 fully saturated rings. The highest BCUT2D eigenvalue weighted by atomic mass is 16.5. The highest BCUT2D eigenvalue weighted by molar-refractivity contribution is 5.95. The standard InChI is InChI=1S/C31H46N4O7.C2H6/c1-19(2)24(33-31(41)42-18-22-14-10-8-11-15-22)27(36)32-25(20(3)4)28(37)34(7)26(21(5)6)29(38)35-17-13-9-12-16-23(35)30(39)40;1-2/h8,10-12,14-16,19-21,23-26H,9,13,17-18H2,1-7H3,(H,32,36)(H,33,41)(H,39,40);1-2H3/t23?,24?,25-,26?;/m0./s1. The molecule has 0 saturated carbocycles. The molecule has 1 heterocycles. The summed E-state index contributed by atoms with van der Waals surface area (Å²) < 4.78 is 5.28. The summed E-state index contributed by atoms with van der Waals surface area (Å²) in [6.07, 6.45) is 3.76. The number of ether oxygens (including phenoxy) is 1. The topological polar surface area (TPSA) is 145 Å². The molecule has 1 aromatic rings. The van der Waals surface area contributed by atoms with Gasteiger partial charge in [0.05, 0.1) is 0 Å². The van der Waals surface area contributed by atoms with Gasteiger partial charge in [-0.25, -0.2) is 9.59 Å². The molecule has 0 bridgehead atoms. The van der Waals surface area contributed by atoms with Gasteiger partial charge in [-0.1, -0.05) is 97.9 Å². The number of hydrogen-bond acceptors (Lipinski definition) is 6. The number of carbonyl (C=O) groups is 5. The van der Waals surface area contributed by atoms with E-state index in [1.807, 2.05) is 44.2 Å². The van der Waals surface area contributed by atoms with Crippen molar-refractivity contribution in [2.45, 2.75) is 99.0 Å². The molecule has 4 amide bonds.